The van der Waals surface area contributed by atoms with Gasteiger partial charge in [-0.3, -0.25) is 9.59 Å². The highest BCUT2D eigenvalue weighted by Crippen LogP contribution is 2.25. The van der Waals surface area contributed by atoms with Gasteiger partial charge in [0.25, 0.3) is 5.91 Å². The highest BCUT2D eigenvalue weighted by atomic mass is 16.5. The zero-order valence-electron chi connectivity index (χ0n) is 20.1. The molecule has 3 aromatic carbocycles. The SMILES string of the molecule is Cc1ccccc1CN(C(=O)COc1cccc2ccccc12)C(C)C(=O)NC1CCCCC1. The van der Waals surface area contributed by atoms with E-state index in [9.17, 15) is 9.59 Å². The number of nitrogens with zero attached hydrogens (tertiary/aromatic N) is 1. The van der Waals surface area contributed by atoms with Gasteiger partial charge in [-0.05, 0) is 49.3 Å². The molecule has 1 atom stereocenters. The van der Waals surface area contributed by atoms with Gasteiger partial charge < -0.3 is 15.0 Å². The second-order valence-electron chi connectivity index (χ2n) is 9.23. The normalized spacial score (nSPS) is 15.0. The van der Waals surface area contributed by atoms with Crippen molar-refractivity contribution in [3.63, 3.8) is 0 Å². The van der Waals surface area contributed by atoms with Crippen molar-refractivity contribution in [3.8, 4) is 5.75 Å². The minimum absolute atomic E-state index is 0.0982. The zero-order chi connectivity index (χ0) is 23.9. The van der Waals surface area contributed by atoms with Gasteiger partial charge in [-0.25, -0.2) is 0 Å². The molecule has 1 saturated carbocycles. The molecule has 4 rings (SSSR count). The lowest BCUT2D eigenvalue weighted by atomic mass is 9.95. The number of amides is 2. The second kappa shape index (κ2) is 11.2. The number of hydrogen-bond acceptors (Lipinski definition) is 3. The Kier molecular flexibility index (Phi) is 7.84. The van der Waals surface area contributed by atoms with Crippen LogP contribution in [-0.4, -0.2) is 35.4 Å². The number of hydrogen-bond donors (Lipinski definition) is 1. The van der Waals surface area contributed by atoms with Gasteiger partial charge in [-0.2, -0.15) is 0 Å². The summed E-state index contributed by atoms with van der Waals surface area (Å²) in [6.07, 6.45) is 5.53. The Morgan fingerprint density at radius 1 is 0.971 bits per heavy atom. The number of carbonyl (C=O) groups excluding carboxylic acids is 2. The molecule has 1 aliphatic rings. The third-order valence-corrected chi connectivity index (χ3v) is 6.82. The summed E-state index contributed by atoms with van der Waals surface area (Å²) in [6, 6.07) is 21.3. The van der Waals surface area contributed by atoms with Crippen molar-refractivity contribution in [1.29, 1.82) is 0 Å². The summed E-state index contributed by atoms with van der Waals surface area (Å²) in [7, 11) is 0. The molecule has 0 spiro atoms. The average molecular weight is 459 g/mol. The van der Waals surface area contributed by atoms with Crippen LogP contribution in [0.4, 0.5) is 0 Å². The molecule has 1 fully saturated rings. The molecule has 1 unspecified atom stereocenters. The number of nitrogens with one attached hydrogen (secondary N) is 1. The summed E-state index contributed by atoms with van der Waals surface area (Å²) in [6.45, 7) is 4.08. The fraction of sp³-hybridized carbons (Fsp3) is 0.379. The summed E-state index contributed by atoms with van der Waals surface area (Å²) in [5.74, 6) is 0.364. The number of aryl methyl sites for hydroxylation is 1. The van der Waals surface area contributed by atoms with Crippen LogP contribution in [0.5, 0.6) is 5.75 Å². The Hall–Kier alpha value is -3.34. The van der Waals surface area contributed by atoms with Crippen molar-refractivity contribution >= 4 is 22.6 Å². The first-order valence-electron chi connectivity index (χ1n) is 12.3. The zero-order valence-corrected chi connectivity index (χ0v) is 20.1. The van der Waals surface area contributed by atoms with Crippen molar-refractivity contribution in [2.45, 2.75) is 64.6 Å². The molecule has 0 radical (unpaired) electrons. The molecule has 0 bridgehead atoms. The van der Waals surface area contributed by atoms with Crippen molar-refractivity contribution in [3.05, 3.63) is 77.9 Å². The lowest BCUT2D eigenvalue weighted by Gasteiger charge is -2.31. The van der Waals surface area contributed by atoms with E-state index in [2.05, 4.69) is 5.32 Å². The quantitative estimate of drug-likeness (QED) is 0.492. The standard InChI is InChI=1S/C29H34N2O3/c1-21-11-6-7-13-24(21)19-31(22(2)29(33)30-25-15-4-3-5-16-25)28(32)20-34-27-18-10-14-23-12-8-9-17-26(23)27/h6-14,17-18,22,25H,3-5,15-16,19-20H2,1-2H3,(H,30,33). The van der Waals surface area contributed by atoms with E-state index in [1.54, 1.807) is 4.90 Å². The minimum atomic E-state index is -0.592. The molecule has 1 N–H and O–H groups in total. The van der Waals surface area contributed by atoms with Gasteiger partial charge in [0, 0.05) is 18.0 Å². The first kappa shape index (κ1) is 23.8. The molecular formula is C29H34N2O3. The van der Waals surface area contributed by atoms with Gasteiger partial charge in [0.15, 0.2) is 6.61 Å². The number of fused-ring (bicyclic) bond motifs is 1. The molecule has 3 aromatic rings. The summed E-state index contributed by atoms with van der Waals surface area (Å²) >= 11 is 0. The molecule has 178 valence electrons. The first-order valence-corrected chi connectivity index (χ1v) is 12.3. The number of benzene rings is 3. The summed E-state index contributed by atoms with van der Waals surface area (Å²) in [5.41, 5.74) is 2.12. The third-order valence-electron chi connectivity index (χ3n) is 6.82. The van der Waals surface area contributed by atoms with Crippen LogP contribution in [0.15, 0.2) is 66.7 Å². The number of carbonyl (C=O) groups is 2. The maximum Gasteiger partial charge on any atom is 0.261 e. The maximum absolute atomic E-state index is 13.4. The van der Waals surface area contributed by atoms with E-state index in [0.29, 0.717) is 12.3 Å². The second-order valence-corrected chi connectivity index (χ2v) is 9.23. The monoisotopic (exact) mass is 458 g/mol. The Balaban J connectivity index is 1.50. The summed E-state index contributed by atoms with van der Waals surface area (Å²) < 4.78 is 5.99. The molecule has 0 aromatic heterocycles. The van der Waals surface area contributed by atoms with Gasteiger partial charge in [0.05, 0.1) is 0 Å². The highest BCUT2D eigenvalue weighted by molar-refractivity contribution is 5.90. The van der Waals surface area contributed by atoms with Crippen LogP contribution in [0, 0.1) is 6.92 Å². The van der Waals surface area contributed by atoms with Gasteiger partial charge in [0.2, 0.25) is 5.91 Å². The predicted octanol–water partition coefficient (Wildman–Crippen LogP) is 5.39. The predicted molar refractivity (Wildman–Crippen MR) is 136 cm³/mol. The Labute approximate surface area is 202 Å². The van der Waals surface area contributed by atoms with Crippen LogP contribution in [0.25, 0.3) is 10.8 Å². The fourth-order valence-corrected chi connectivity index (χ4v) is 4.67. The van der Waals surface area contributed by atoms with E-state index in [1.807, 2.05) is 80.6 Å². The minimum Gasteiger partial charge on any atom is -0.483 e. The van der Waals surface area contributed by atoms with Gasteiger partial charge in [-0.15, -0.1) is 0 Å². The van der Waals surface area contributed by atoms with Gasteiger partial charge in [0.1, 0.15) is 11.8 Å². The average Bonchev–Trinajstić information content (AvgIpc) is 2.87. The smallest absolute Gasteiger partial charge is 0.261 e. The molecule has 34 heavy (non-hydrogen) atoms. The molecule has 0 saturated heterocycles. The Bertz CT molecular complexity index is 1130. The molecular weight excluding hydrogens is 424 g/mol. The van der Waals surface area contributed by atoms with Crippen molar-refractivity contribution in [1.82, 2.24) is 10.2 Å². The van der Waals surface area contributed by atoms with Crippen LogP contribution in [-0.2, 0) is 16.1 Å². The highest BCUT2D eigenvalue weighted by Gasteiger charge is 2.28. The van der Waals surface area contributed by atoms with Crippen LogP contribution in [0.1, 0.15) is 50.2 Å². The molecule has 2 amide bonds. The van der Waals surface area contributed by atoms with E-state index >= 15 is 0 Å². The topological polar surface area (TPSA) is 58.6 Å². The summed E-state index contributed by atoms with van der Waals surface area (Å²) in [4.78, 5) is 28.2. The maximum atomic E-state index is 13.4. The number of rotatable bonds is 8. The Morgan fingerprint density at radius 2 is 1.68 bits per heavy atom. The largest absolute Gasteiger partial charge is 0.483 e. The van der Waals surface area contributed by atoms with E-state index in [4.69, 9.17) is 4.74 Å². The lowest BCUT2D eigenvalue weighted by molar-refractivity contribution is -0.142. The van der Waals surface area contributed by atoms with E-state index in [1.165, 1.54) is 6.42 Å². The van der Waals surface area contributed by atoms with Crippen molar-refractivity contribution in [2.24, 2.45) is 0 Å². The third kappa shape index (κ3) is 5.77. The van der Waals surface area contributed by atoms with Crippen molar-refractivity contribution < 1.29 is 14.3 Å². The van der Waals surface area contributed by atoms with Crippen molar-refractivity contribution in [2.75, 3.05) is 6.61 Å². The van der Waals surface area contributed by atoms with Crippen LogP contribution in [0.2, 0.25) is 0 Å². The molecule has 1 aliphatic carbocycles. The van der Waals surface area contributed by atoms with Gasteiger partial charge >= 0.3 is 0 Å². The van der Waals surface area contributed by atoms with Crippen LogP contribution < -0.4 is 10.1 Å². The lowest BCUT2D eigenvalue weighted by Crippen LogP contribution is -2.51. The molecule has 5 heteroatoms. The van der Waals surface area contributed by atoms with E-state index in [-0.39, 0.29) is 24.5 Å². The van der Waals surface area contributed by atoms with E-state index in [0.717, 1.165) is 47.6 Å². The fourth-order valence-electron chi connectivity index (χ4n) is 4.67. The Morgan fingerprint density at radius 3 is 2.47 bits per heavy atom. The number of ether oxygens (including phenoxy) is 1. The van der Waals surface area contributed by atoms with Crippen LogP contribution >= 0.6 is 0 Å². The first-order chi connectivity index (χ1) is 16.5. The molecule has 0 aliphatic heterocycles. The molecule has 0 heterocycles. The molecule has 5 nitrogen and oxygen atoms in total. The van der Waals surface area contributed by atoms with Crippen LogP contribution in [0.3, 0.4) is 0 Å². The summed E-state index contributed by atoms with van der Waals surface area (Å²) in [5, 5.41) is 5.20. The van der Waals surface area contributed by atoms with Gasteiger partial charge in [-0.1, -0.05) is 79.9 Å². The van der Waals surface area contributed by atoms with E-state index < -0.39 is 6.04 Å².